The van der Waals surface area contributed by atoms with Crippen LogP contribution < -0.4 is 10.6 Å². The SMILES string of the molecule is O=C1NC(C2CC2)Cc2[nH]c(-c3ccnc(-c4cccc(NC(=O)C5CCCC5)c4)c3)cc21. The van der Waals surface area contributed by atoms with Crippen molar-refractivity contribution in [1.82, 2.24) is 15.3 Å². The van der Waals surface area contributed by atoms with Crippen LogP contribution in [0.4, 0.5) is 5.69 Å². The number of benzene rings is 1. The quantitative estimate of drug-likeness (QED) is 0.525. The number of H-pyrrole nitrogens is 1. The van der Waals surface area contributed by atoms with Crippen molar-refractivity contribution in [3.8, 4) is 22.5 Å². The number of carbonyl (C=O) groups excluding carboxylic acids is 2. The van der Waals surface area contributed by atoms with Gasteiger partial charge >= 0.3 is 0 Å². The molecule has 6 heteroatoms. The standard InChI is InChI=1S/C27H28N4O2/c32-26(17-4-1-2-5-17)29-20-7-3-6-18(12-20)22-13-19(10-11-28-22)23-14-21-25(30-23)15-24(16-8-9-16)31-27(21)33/h3,6-7,10-14,16-17,24,30H,1-2,4-5,8-9,15H2,(H,29,32)(H,31,33). The summed E-state index contributed by atoms with van der Waals surface area (Å²) in [5.41, 5.74) is 6.28. The zero-order valence-electron chi connectivity index (χ0n) is 18.6. The number of hydrogen-bond donors (Lipinski definition) is 3. The second kappa shape index (κ2) is 8.18. The summed E-state index contributed by atoms with van der Waals surface area (Å²) in [5.74, 6) is 0.898. The van der Waals surface area contributed by atoms with Gasteiger partial charge in [-0.1, -0.05) is 25.0 Å². The van der Waals surface area contributed by atoms with Crippen molar-refractivity contribution in [3.63, 3.8) is 0 Å². The van der Waals surface area contributed by atoms with E-state index in [2.05, 4.69) is 20.6 Å². The van der Waals surface area contributed by atoms with E-state index in [-0.39, 0.29) is 23.8 Å². The first-order valence-electron chi connectivity index (χ1n) is 12.0. The molecule has 2 saturated carbocycles. The van der Waals surface area contributed by atoms with Crippen molar-refractivity contribution in [1.29, 1.82) is 0 Å². The van der Waals surface area contributed by atoms with Crippen LogP contribution in [0, 0.1) is 11.8 Å². The lowest BCUT2D eigenvalue weighted by molar-refractivity contribution is -0.119. The molecular formula is C27H28N4O2. The molecule has 3 aromatic rings. The third-order valence-corrected chi connectivity index (χ3v) is 7.30. The van der Waals surface area contributed by atoms with E-state index in [0.29, 0.717) is 5.92 Å². The van der Waals surface area contributed by atoms with Gasteiger partial charge < -0.3 is 15.6 Å². The summed E-state index contributed by atoms with van der Waals surface area (Å²) in [6.07, 6.45) is 9.32. The van der Waals surface area contributed by atoms with E-state index in [1.807, 2.05) is 42.5 Å². The Morgan fingerprint density at radius 2 is 1.85 bits per heavy atom. The lowest BCUT2D eigenvalue weighted by Gasteiger charge is -2.23. The van der Waals surface area contributed by atoms with Gasteiger partial charge in [0.1, 0.15) is 0 Å². The number of carbonyl (C=O) groups is 2. The number of fused-ring (bicyclic) bond motifs is 1. The Hall–Kier alpha value is -3.41. The smallest absolute Gasteiger partial charge is 0.253 e. The largest absolute Gasteiger partial charge is 0.358 e. The molecule has 3 aliphatic rings. The van der Waals surface area contributed by atoms with Crippen LogP contribution >= 0.6 is 0 Å². The molecule has 2 aliphatic carbocycles. The van der Waals surface area contributed by atoms with Gasteiger partial charge in [0.05, 0.1) is 11.3 Å². The van der Waals surface area contributed by atoms with Crippen molar-refractivity contribution in [2.24, 2.45) is 11.8 Å². The van der Waals surface area contributed by atoms with Crippen molar-refractivity contribution < 1.29 is 9.59 Å². The van der Waals surface area contributed by atoms with Gasteiger partial charge in [-0.15, -0.1) is 0 Å². The van der Waals surface area contributed by atoms with E-state index in [0.717, 1.165) is 71.6 Å². The van der Waals surface area contributed by atoms with E-state index in [4.69, 9.17) is 0 Å². The first-order chi connectivity index (χ1) is 16.1. The molecule has 1 aromatic carbocycles. The first kappa shape index (κ1) is 20.2. The molecule has 0 spiro atoms. The normalized spacial score (nSPS) is 20.4. The van der Waals surface area contributed by atoms with Crippen LogP contribution in [0.5, 0.6) is 0 Å². The average molecular weight is 441 g/mol. The highest BCUT2D eigenvalue weighted by molar-refractivity contribution is 5.98. The number of nitrogens with zero attached hydrogens (tertiary/aromatic N) is 1. The second-order valence-electron chi connectivity index (χ2n) is 9.68. The minimum atomic E-state index is 0.0237. The van der Waals surface area contributed by atoms with Crippen LogP contribution in [-0.2, 0) is 11.2 Å². The fraction of sp³-hybridized carbons (Fsp3) is 0.370. The van der Waals surface area contributed by atoms with Crippen LogP contribution in [0.15, 0.2) is 48.7 Å². The number of pyridine rings is 1. The second-order valence-corrected chi connectivity index (χ2v) is 9.68. The Balaban J connectivity index is 1.24. The number of aromatic nitrogens is 2. The summed E-state index contributed by atoms with van der Waals surface area (Å²) in [6, 6.07) is 14.1. The van der Waals surface area contributed by atoms with E-state index in [1.165, 1.54) is 12.8 Å². The number of amides is 2. The van der Waals surface area contributed by atoms with E-state index in [9.17, 15) is 9.59 Å². The molecule has 6 nitrogen and oxygen atoms in total. The van der Waals surface area contributed by atoms with E-state index in [1.54, 1.807) is 6.20 Å². The summed E-state index contributed by atoms with van der Waals surface area (Å²) >= 11 is 0. The molecule has 2 amide bonds. The van der Waals surface area contributed by atoms with Crippen molar-refractivity contribution in [3.05, 3.63) is 59.9 Å². The Bertz CT molecular complexity index is 1220. The maximum atomic E-state index is 12.6. The fourth-order valence-corrected chi connectivity index (χ4v) is 5.26. The van der Waals surface area contributed by atoms with Gasteiger partial charge in [0.15, 0.2) is 0 Å². The third kappa shape index (κ3) is 4.06. The van der Waals surface area contributed by atoms with Crippen LogP contribution in [0.25, 0.3) is 22.5 Å². The van der Waals surface area contributed by atoms with Gasteiger partial charge in [-0.25, -0.2) is 0 Å². The van der Waals surface area contributed by atoms with Crippen LogP contribution in [0.1, 0.15) is 54.6 Å². The predicted molar refractivity (Wildman–Crippen MR) is 128 cm³/mol. The molecule has 3 heterocycles. The first-order valence-corrected chi connectivity index (χ1v) is 12.0. The lowest BCUT2D eigenvalue weighted by atomic mass is 9.99. The highest BCUT2D eigenvalue weighted by Gasteiger charge is 2.37. The zero-order chi connectivity index (χ0) is 22.4. The molecule has 1 unspecified atom stereocenters. The topological polar surface area (TPSA) is 86.9 Å². The van der Waals surface area contributed by atoms with Gasteiger partial charge in [-0.05, 0) is 61.9 Å². The van der Waals surface area contributed by atoms with Gasteiger partial charge in [0, 0.05) is 52.8 Å². The van der Waals surface area contributed by atoms with Crippen LogP contribution in [0.3, 0.4) is 0 Å². The summed E-state index contributed by atoms with van der Waals surface area (Å²) < 4.78 is 0. The lowest BCUT2D eigenvalue weighted by Crippen LogP contribution is -2.42. The molecule has 2 fully saturated rings. The molecule has 2 aromatic heterocycles. The number of nitrogens with one attached hydrogen (secondary N) is 3. The van der Waals surface area contributed by atoms with Gasteiger partial charge in [-0.3, -0.25) is 14.6 Å². The summed E-state index contributed by atoms with van der Waals surface area (Å²) in [5, 5.41) is 6.25. The summed E-state index contributed by atoms with van der Waals surface area (Å²) in [6.45, 7) is 0. The number of anilines is 1. The molecule has 33 heavy (non-hydrogen) atoms. The summed E-state index contributed by atoms with van der Waals surface area (Å²) in [7, 11) is 0. The Kier molecular flexibility index (Phi) is 5.01. The van der Waals surface area contributed by atoms with Gasteiger partial charge in [0.25, 0.3) is 5.91 Å². The Labute approximate surface area is 193 Å². The molecule has 1 atom stereocenters. The maximum absolute atomic E-state index is 12.6. The van der Waals surface area contributed by atoms with Crippen LogP contribution in [-0.4, -0.2) is 27.8 Å². The van der Waals surface area contributed by atoms with Crippen LogP contribution in [0.2, 0.25) is 0 Å². The Morgan fingerprint density at radius 1 is 1.00 bits per heavy atom. The Morgan fingerprint density at radius 3 is 2.67 bits per heavy atom. The number of hydrogen-bond acceptors (Lipinski definition) is 3. The molecule has 0 radical (unpaired) electrons. The zero-order valence-corrected chi connectivity index (χ0v) is 18.6. The molecule has 3 N–H and O–H groups in total. The number of rotatable bonds is 5. The third-order valence-electron chi connectivity index (χ3n) is 7.30. The van der Waals surface area contributed by atoms with E-state index >= 15 is 0 Å². The average Bonchev–Trinajstić information content (AvgIpc) is 3.35. The van der Waals surface area contributed by atoms with Gasteiger partial charge in [-0.2, -0.15) is 0 Å². The minimum Gasteiger partial charge on any atom is -0.358 e. The highest BCUT2D eigenvalue weighted by Crippen LogP contribution is 2.37. The van der Waals surface area contributed by atoms with Crippen molar-refractivity contribution in [2.45, 2.75) is 51.0 Å². The van der Waals surface area contributed by atoms with Crippen molar-refractivity contribution >= 4 is 17.5 Å². The van der Waals surface area contributed by atoms with Gasteiger partial charge in [0.2, 0.25) is 5.91 Å². The predicted octanol–water partition coefficient (Wildman–Crippen LogP) is 4.94. The highest BCUT2D eigenvalue weighted by atomic mass is 16.2. The molecule has 1 aliphatic heterocycles. The molecular weight excluding hydrogens is 412 g/mol. The fourth-order valence-electron chi connectivity index (χ4n) is 5.26. The van der Waals surface area contributed by atoms with Crippen molar-refractivity contribution in [2.75, 3.05) is 5.32 Å². The molecule has 0 bridgehead atoms. The number of aromatic amines is 1. The van der Waals surface area contributed by atoms with E-state index < -0.39 is 0 Å². The minimum absolute atomic E-state index is 0.0237. The monoisotopic (exact) mass is 440 g/mol. The summed E-state index contributed by atoms with van der Waals surface area (Å²) in [4.78, 5) is 33.2. The molecule has 0 saturated heterocycles. The molecule has 168 valence electrons. The maximum Gasteiger partial charge on any atom is 0.253 e. The molecule has 6 rings (SSSR count).